The van der Waals surface area contributed by atoms with Crippen LogP contribution in [0.25, 0.3) is 0 Å². The van der Waals surface area contributed by atoms with Crippen LogP contribution in [0, 0.1) is 0 Å². The van der Waals surface area contributed by atoms with Gasteiger partial charge >= 0.3 is 17.8 Å². The second kappa shape index (κ2) is 13.7. The maximum atomic E-state index is 14.0. The van der Waals surface area contributed by atoms with Crippen molar-refractivity contribution >= 4 is 11.8 Å². The minimum atomic E-state index is -6.19. The maximum absolute atomic E-state index is 14.0. The fraction of sp³-hybridized carbons (Fsp3) is 0.913. The molecule has 2 N–H and O–H groups in total. The van der Waals surface area contributed by atoms with Crippen molar-refractivity contribution in [2.75, 3.05) is 68.5 Å². The Morgan fingerprint density at radius 2 is 0.829 bits per heavy atom. The molecular formula is C23H44F6N4O2+2. The Labute approximate surface area is 205 Å². The van der Waals surface area contributed by atoms with Crippen molar-refractivity contribution in [3.8, 4) is 0 Å². The zero-order valence-electron chi connectivity index (χ0n) is 22.0. The highest BCUT2D eigenvalue weighted by atomic mass is 19.3. The molecule has 0 saturated carbocycles. The average molecular weight is 523 g/mol. The van der Waals surface area contributed by atoms with Gasteiger partial charge in [-0.3, -0.25) is 9.59 Å². The van der Waals surface area contributed by atoms with Gasteiger partial charge in [-0.05, 0) is 38.5 Å². The van der Waals surface area contributed by atoms with Gasteiger partial charge in [-0.25, -0.2) is 0 Å². The van der Waals surface area contributed by atoms with Crippen molar-refractivity contribution in [3.63, 3.8) is 0 Å². The highest BCUT2D eigenvalue weighted by molar-refractivity contribution is 5.89. The molecule has 0 radical (unpaired) electrons. The zero-order valence-corrected chi connectivity index (χ0v) is 22.0. The van der Waals surface area contributed by atoms with Crippen molar-refractivity contribution in [1.82, 2.24) is 10.6 Å². The van der Waals surface area contributed by atoms with Gasteiger partial charge in [0.2, 0.25) is 0 Å². The van der Waals surface area contributed by atoms with E-state index in [9.17, 15) is 35.9 Å². The minimum Gasteiger partial charge on any atom is -0.351 e. The number of carbonyl (C=O) groups excluding carboxylic acids is 2. The van der Waals surface area contributed by atoms with Gasteiger partial charge in [-0.2, -0.15) is 26.3 Å². The summed E-state index contributed by atoms with van der Waals surface area (Å²) in [6.07, 6.45) is 4.75. The van der Waals surface area contributed by atoms with Crippen molar-refractivity contribution in [3.05, 3.63) is 0 Å². The number of hydrogen-bond acceptors (Lipinski definition) is 2. The number of nitrogens with zero attached hydrogens (tertiary/aromatic N) is 2. The SMILES string of the molecule is C[N+](C)(C)CCCCCCNC(=O)C(F)(F)C(F)(F)C(F)(F)C(=O)NCCCCCC[N+](C)(C)C. The van der Waals surface area contributed by atoms with Crippen LogP contribution >= 0.6 is 0 Å². The smallest absolute Gasteiger partial charge is 0.351 e. The van der Waals surface area contributed by atoms with Gasteiger partial charge in [0.15, 0.2) is 0 Å². The van der Waals surface area contributed by atoms with Gasteiger partial charge in [-0.1, -0.05) is 12.8 Å². The number of alkyl halides is 6. The van der Waals surface area contributed by atoms with Gasteiger partial charge in [-0.15, -0.1) is 0 Å². The van der Waals surface area contributed by atoms with E-state index in [-0.39, 0.29) is 25.9 Å². The number of carbonyl (C=O) groups is 2. The summed E-state index contributed by atoms with van der Waals surface area (Å²) >= 11 is 0. The summed E-state index contributed by atoms with van der Waals surface area (Å²) in [5.41, 5.74) is 0. The second-order valence-electron chi connectivity index (χ2n) is 11.1. The number of rotatable bonds is 18. The van der Waals surface area contributed by atoms with Gasteiger partial charge in [0.05, 0.1) is 55.4 Å². The highest BCUT2D eigenvalue weighted by Crippen LogP contribution is 2.46. The number of halogens is 6. The summed E-state index contributed by atoms with van der Waals surface area (Å²) in [4.78, 5) is 23.2. The standard InChI is InChI=1S/C23H42F6N4O2/c1-32(2,3)17-13-9-7-11-15-30-19(34)21(24,25)23(28,29)22(26,27)20(35)31-16-12-8-10-14-18-33(4,5)6/h7-18H2,1-6H3/p+2. The molecule has 0 aliphatic rings. The molecule has 0 aliphatic carbocycles. The average Bonchev–Trinajstić information content (AvgIpc) is 2.69. The van der Waals surface area contributed by atoms with Gasteiger partial charge < -0.3 is 19.6 Å². The number of amides is 2. The van der Waals surface area contributed by atoms with E-state index in [0.29, 0.717) is 12.8 Å². The Hall–Kier alpha value is -1.56. The molecule has 0 saturated heterocycles. The summed E-state index contributed by atoms with van der Waals surface area (Å²) in [5.74, 6) is -22.8. The fourth-order valence-electron chi connectivity index (χ4n) is 3.24. The first kappa shape index (κ1) is 33.4. The van der Waals surface area contributed by atoms with E-state index in [1.807, 2.05) is 42.3 Å². The van der Waals surface area contributed by atoms with Crippen molar-refractivity contribution in [2.45, 2.75) is 69.1 Å². The number of hydrogen-bond donors (Lipinski definition) is 2. The Kier molecular flexibility index (Phi) is 13.1. The lowest BCUT2D eigenvalue weighted by atomic mass is 10.0. The summed E-state index contributed by atoms with van der Waals surface area (Å²) in [6.45, 7) is 1.04. The maximum Gasteiger partial charge on any atom is 0.393 e. The summed E-state index contributed by atoms with van der Waals surface area (Å²) in [7, 11) is 12.0. The third-order valence-corrected chi connectivity index (χ3v) is 5.44. The quantitative estimate of drug-likeness (QED) is 0.164. The second-order valence-corrected chi connectivity index (χ2v) is 11.1. The van der Waals surface area contributed by atoms with Crippen LogP contribution in [-0.2, 0) is 9.59 Å². The normalized spacial score (nSPS) is 13.6. The monoisotopic (exact) mass is 522 g/mol. The molecule has 0 fully saturated rings. The van der Waals surface area contributed by atoms with E-state index >= 15 is 0 Å². The van der Waals surface area contributed by atoms with Crippen molar-refractivity contribution < 1.29 is 44.9 Å². The summed E-state index contributed by atoms with van der Waals surface area (Å²) in [6, 6.07) is 0. The summed E-state index contributed by atoms with van der Waals surface area (Å²) < 4.78 is 85.6. The van der Waals surface area contributed by atoms with Crippen LogP contribution in [0.3, 0.4) is 0 Å². The van der Waals surface area contributed by atoms with E-state index in [4.69, 9.17) is 0 Å². The van der Waals surface area contributed by atoms with Crippen molar-refractivity contribution in [1.29, 1.82) is 0 Å². The van der Waals surface area contributed by atoms with E-state index in [2.05, 4.69) is 0 Å². The molecule has 0 aromatic rings. The minimum absolute atomic E-state index is 0.232. The van der Waals surface area contributed by atoms with Gasteiger partial charge in [0.1, 0.15) is 0 Å². The van der Waals surface area contributed by atoms with Crippen LogP contribution in [0.4, 0.5) is 26.3 Å². The Balaban J connectivity index is 4.59. The molecule has 35 heavy (non-hydrogen) atoms. The van der Waals surface area contributed by atoms with E-state index in [1.165, 1.54) is 0 Å². The molecule has 0 heterocycles. The number of nitrogens with one attached hydrogen (secondary N) is 2. The Morgan fingerprint density at radius 1 is 0.543 bits per heavy atom. The van der Waals surface area contributed by atoms with Crippen LogP contribution < -0.4 is 10.6 Å². The molecule has 0 aliphatic heterocycles. The molecule has 208 valence electrons. The van der Waals surface area contributed by atoms with Crippen LogP contribution in [0.2, 0.25) is 0 Å². The largest absolute Gasteiger partial charge is 0.393 e. The first-order chi connectivity index (χ1) is 15.8. The number of quaternary nitrogens is 2. The topological polar surface area (TPSA) is 58.2 Å². The Morgan fingerprint density at radius 3 is 1.11 bits per heavy atom. The van der Waals surface area contributed by atoms with E-state index in [0.717, 1.165) is 47.7 Å². The summed E-state index contributed by atoms with van der Waals surface area (Å²) in [5, 5.41) is 3.18. The van der Waals surface area contributed by atoms with E-state index in [1.54, 1.807) is 10.6 Å². The van der Waals surface area contributed by atoms with Crippen LogP contribution in [0.15, 0.2) is 0 Å². The molecule has 0 rings (SSSR count). The third-order valence-electron chi connectivity index (χ3n) is 5.44. The first-order valence-corrected chi connectivity index (χ1v) is 12.1. The predicted molar refractivity (Wildman–Crippen MR) is 124 cm³/mol. The van der Waals surface area contributed by atoms with Crippen LogP contribution in [-0.4, -0.2) is 107 Å². The lowest BCUT2D eigenvalue weighted by Crippen LogP contribution is -2.65. The fourth-order valence-corrected chi connectivity index (χ4v) is 3.24. The molecule has 0 aromatic heterocycles. The first-order valence-electron chi connectivity index (χ1n) is 12.1. The predicted octanol–water partition coefficient (Wildman–Crippen LogP) is 3.66. The molecule has 0 aromatic carbocycles. The molecular weight excluding hydrogens is 478 g/mol. The molecule has 0 spiro atoms. The van der Waals surface area contributed by atoms with Crippen LogP contribution in [0.1, 0.15) is 51.4 Å². The third kappa shape index (κ3) is 11.8. The molecule has 12 heteroatoms. The lowest BCUT2D eigenvalue weighted by Gasteiger charge is -2.31. The molecule has 2 amide bonds. The van der Waals surface area contributed by atoms with Crippen LogP contribution in [0.5, 0.6) is 0 Å². The van der Waals surface area contributed by atoms with Gasteiger partial charge in [0, 0.05) is 13.1 Å². The molecule has 0 bridgehead atoms. The Bertz CT molecular complexity index is 607. The molecule has 0 atom stereocenters. The molecule has 6 nitrogen and oxygen atoms in total. The zero-order chi connectivity index (χ0) is 27.6. The van der Waals surface area contributed by atoms with Crippen molar-refractivity contribution in [2.24, 2.45) is 0 Å². The van der Waals surface area contributed by atoms with E-state index < -0.39 is 29.6 Å². The lowest BCUT2D eigenvalue weighted by molar-refractivity contribution is -0.870. The van der Waals surface area contributed by atoms with Gasteiger partial charge in [0.25, 0.3) is 11.8 Å². The molecule has 0 unspecified atom stereocenters. The highest BCUT2D eigenvalue weighted by Gasteiger charge is 2.77. The number of unbranched alkanes of at least 4 members (excludes halogenated alkanes) is 6.